The molecule has 0 aliphatic heterocycles. The predicted molar refractivity (Wildman–Crippen MR) is 228 cm³/mol. The minimum Gasteiger partial charge on any atom is -0.455 e. The summed E-state index contributed by atoms with van der Waals surface area (Å²) in [6, 6.07) is 75.8. The molecular formula is C52H35NO. The molecule has 0 spiro atoms. The van der Waals surface area contributed by atoms with Crippen molar-refractivity contribution in [1.29, 1.82) is 0 Å². The number of hydrogen-bond donors (Lipinski definition) is 0. The molecule has 9 aromatic carbocycles. The first-order valence-electron chi connectivity index (χ1n) is 18.4. The molecule has 0 radical (unpaired) electrons. The molecule has 0 saturated heterocycles. The molecule has 0 bridgehead atoms. The minimum absolute atomic E-state index is 0.884. The van der Waals surface area contributed by atoms with E-state index in [9.17, 15) is 0 Å². The summed E-state index contributed by atoms with van der Waals surface area (Å²) >= 11 is 0. The van der Waals surface area contributed by atoms with Crippen LogP contribution < -0.4 is 4.90 Å². The molecule has 0 unspecified atom stereocenters. The van der Waals surface area contributed by atoms with Crippen LogP contribution in [0.25, 0.3) is 77.2 Å². The summed E-state index contributed by atoms with van der Waals surface area (Å²) in [5, 5.41) is 4.43. The lowest BCUT2D eigenvalue weighted by Gasteiger charge is -2.27. The second-order valence-electron chi connectivity index (χ2n) is 13.7. The van der Waals surface area contributed by atoms with Crippen LogP contribution in [0.15, 0.2) is 217 Å². The van der Waals surface area contributed by atoms with Gasteiger partial charge in [-0.1, -0.05) is 176 Å². The monoisotopic (exact) mass is 689 g/mol. The molecule has 2 nitrogen and oxygen atoms in total. The van der Waals surface area contributed by atoms with Gasteiger partial charge in [0.15, 0.2) is 0 Å². The Labute approximate surface area is 314 Å². The van der Waals surface area contributed by atoms with Gasteiger partial charge in [-0.25, -0.2) is 0 Å². The van der Waals surface area contributed by atoms with Crippen LogP contribution in [-0.4, -0.2) is 0 Å². The van der Waals surface area contributed by atoms with Crippen molar-refractivity contribution in [3.63, 3.8) is 0 Å². The van der Waals surface area contributed by atoms with Gasteiger partial charge < -0.3 is 9.32 Å². The zero-order chi connectivity index (χ0) is 35.8. The fourth-order valence-corrected chi connectivity index (χ4v) is 7.82. The zero-order valence-corrected chi connectivity index (χ0v) is 29.6. The third kappa shape index (κ3) is 5.62. The van der Waals surface area contributed by atoms with Crippen LogP contribution in [0.1, 0.15) is 0 Å². The quantitative estimate of drug-likeness (QED) is 0.166. The smallest absolute Gasteiger partial charge is 0.143 e. The van der Waals surface area contributed by atoms with Gasteiger partial charge in [-0.3, -0.25) is 0 Å². The second-order valence-corrected chi connectivity index (χ2v) is 13.7. The van der Waals surface area contributed by atoms with Crippen molar-refractivity contribution in [2.45, 2.75) is 0 Å². The minimum atomic E-state index is 0.884. The first-order valence-corrected chi connectivity index (χ1v) is 18.4. The maximum Gasteiger partial charge on any atom is 0.143 e. The maximum absolute atomic E-state index is 6.72. The van der Waals surface area contributed by atoms with E-state index in [4.69, 9.17) is 4.42 Å². The average Bonchev–Trinajstić information content (AvgIpc) is 3.64. The Morgan fingerprint density at radius 1 is 0.315 bits per heavy atom. The van der Waals surface area contributed by atoms with Crippen LogP contribution in [0, 0.1) is 0 Å². The Kier molecular flexibility index (Phi) is 7.85. The predicted octanol–water partition coefficient (Wildman–Crippen LogP) is 14.9. The Morgan fingerprint density at radius 3 is 1.26 bits per heavy atom. The standard InChI is InChI=1S/C52H35NO/c1-4-13-36(14-5-1)38-23-25-39(26-24-38)41-29-33-44(34-30-41)53(43-31-27-40(28-32-43)37-15-6-2-7-16-37)49-35-48-51-45(42-17-8-3-9-18-42)21-12-22-50(51)54-52(48)47-20-11-10-19-46(47)49/h1-35H. The Morgan fingerprint density at radius 2 is 0.741 bits per heavy atom. The van der Waals surface area contributed by atoms with Crippen LogP contribution in [0.4, 0.5) is 17.1 Å². The lowest BCUT2D eigenvalue weighted by molar-refractivity contribution is 0.673. The van der Waals surface area contributed by atoms with Gasteiger partial charge in [-0.05, 0) is 80.9 Å². The summed E-state index contributed by atoms with van der Waals surface area (Å²) in [7, 11) is 0. The maximum atomic E-state index is 6.72. The summed E-state index contributed by atoms with van der Waals surface area (Å²) in [5.74, 6) is 0. The Hall–Kier alpha value is -7.16. The van der Waals surface area contributed by atoms with E-state index >= 15 is 0 Å². The molecule has 1 aromatic heterocycles. The van der Waals surface area contributed by atoms with Crippen molar-refractivity contribution in [2.75, 3.05) is 4.90 Å². The van der Waals surface area contributed by atoms with Gasteiger partial charge in [-0.15, -0.1) is 0 Å². The number of rotatable bonds is 7. The van der Waals surface area contributed by atoms with Gasteiger partial charge in [0.05, 0.1) is 5.69 Å². The summed E-state index contributed by atoms with van der Waals surface area (Å²) in [4.78, 5) is 2.39. The van der Waals surface area contributed by atoms with Gasteiger partial charge in [0, 0.05) is 32.9 Å². The molecule has 10 aromatic rings. The van der Waals surface area contributed by atoms with E-state index in [0.717, 1.165) is 55.3 Å². The molecular weight excluding hydrogens is 655 g/mol. The van der Waals surface area contributed by atoms with Crippen LogP contribution in [-0.2, 0) is 0 Å². The molecule has 0 amide bonds. The first kappa shape index (κ1) is 31.6. The first-order chi connectivity index (χ1) is 26.8. The van der Waals surface area contributed by atoms with Crippen molar-refractivity contribution in [2.24, 2.45) is 0 Å². The SMILES string of the molecule is c1ccc(-c2ccc(-c3ccc(N(c4ccc(-c5ccccc5)cc4)c4cc5c(oc6cccc(-c7ccccc7)c65)c5ccccc45)cc3)cc2)cc1. The molecule has 2 heteroatoms. The molecule has 54 heavy (non-hydrogen) atoms. The fourth-order valence-electron chi connectivity index (χ4n) is 7.82. The normalized spacial score (nSPS) is 11.3. The number of hydrogen-bond acceptors (Lipinski definition) is 2. The highest BCUT2D eigenvalue weighted by Crippen LogP contribution is 2.46. The number of benzene rings is 9. The largest absolute Gasteiger partial charge is 0.455 e. The lowest BCUT2D eigenvalue weighted by Crippen LogP contribution is -2.10. The van der Waals surface area contributed by atoms with E-state index in [2.05, 4.69) is 217 Å². The van der Waals surface area contributed by atoms with Crippen LogP contribution >= 0.6 is 0 Å². The number of fused-ring (bicyclic) bond motifs is 5. The van der Waals surface area contributed by atoms with E-state index in [1.54, 1.807) is 0 Å². The average molecular weight is 690 g/mol. The topological polar surface area (TPSA) is 16.4 Å². The zero-order valence-electron chi connectivity index (χ0n) is 29.6. The molecule has 254 valence electrons. The van der Waals surface area contributed by atoms with Crippen LogP contribution in [0.5, 0.6) is 0 Å². The van der Waals surface area contributed by atoms with Crippen molar-refractivity contribution >= 4 is 49.8 Å². The third-order valence-corrected chi connectivity index (χ3v) is 10.5. The molecule has 0 atom stereocenters. The summed E-state index contributed by atoms with van der Waals surface area (Å²) in [6.45, 7) is 0. The van der Waals surface area contributed by atoms with Crippen molar-refractivity contribution in [1.82, 2.24) is 0 Å². The Bertz CT molecular complexity index is 2880. The highest BCUT2D eigenvalue weighted by atomic mass is 16.3. The second kappa shape index (κ2) is 13.4. The molecule has 0 aliphatic carbocycles. The van der Waals surface area contributed by atoms with Gasteiger partial charge >= 0.3 is 0 Å². The molecule has 0 aliphatic rings. The van der Waals surface area contributed by atoms with E-state index in [1.807, 2.05) is 0 Å². The number of furan rings is 1. The van der Waals surface area contributed by atoms with E-state index in [-0.39, 0.29) is 0 Å². The van der Waals surface area contributed by atoms with Gasteiger partial charge in [0.1, 0.15) is 11.2 Å². The van der Waals surface area contributed by atoms with Gasteiger partial charge in [0.2, 0.25) is 0 Å². The van der Waals surface area contributed by atoms with E-state index < -0.39 is 0 Å². The summed E-state index contributed by atoms with van der Waals surface area (Å²) in [5.41, 5.74) is 14.5. The highest BCUT2D eigenvalue weighted by molar-refractivity contribution is 6.22. The van der Waals surface area contributed by atoms with E-state index in [1.165, 1.54) is 38.9 Å². The van der Waals surface area contributed by atoms with Gasteiger partial charge in [-0.2, -0.15) is 0 Å². The summed E-state index contributed by atoms with van der Waals surface area (Å²) < 4.78 is 6.72. The van der Waals surface area contributed by atoms with Crippen LogP contribution in [0.3, 0.4) is 0 Å². The third-order valence-electron chi connectivity index (χ3n) is 10.5. The molecule has 0 saturated carbocycles. The lowest BCUT2D eigenvalue weighted by atomic mass is 9.96. The highest BCUT2D eigenvalue weighted by Gasteiger charge is 2.22. The number of anilines is 3. The van der Waals surface area contributed by atoms with Crippen molar-refractivity contribution < 1.29 is 4.42 Å². The van der Waals surface area contributed by atoms with Crippen LogP contribution in [0.2, 0.25) is 0 Å². The molecule has 0 N–H and O–H groups in total. The molecule has 0 fully saturated rings. The summed E-state index contributed by atoms with van der Waals surface area (Å²) in [6.07, 6.45) is 0. The van der Waals surface area contributed by atoms with Crippen molar-refractivity contribution in [3.8, 4) is 44.5 Å². The fraction of sp³-hybridized carbons (Fsp3) is 0. The Balaban J connectivity index is 1.15. The molecule has 1 heterocycles. The van der Waals surface area contributed by atoms with Gasteiger partial charge in [0.25, 0.3) is 0 Å². The number of nitrogens with zero attached hydrogens (tertiary/aromatic N) is 1. The van der Waals surface area contributed by atoms with E-state index in [0.29, 0.717) is 0 Å². The molecule has 10 rings (SSSR count). The van der Waals surface area contributed by atoms with Crippen molar-refractivity contribution in [3.05, 3.63) is 212 Å².